The molecule has 0 aliphatic heterocycles. The second-order valence-electron chi connectivity index (χ2n) is 6.19. The maximum Gasteiger partial charge on any atom is 0.326 e. The number of carbonyl (C=O) groups excluding carboxylic acids is 2. The first-order valence-corrected chi connectivity index (χ1v) is 8.73. The Hall–Kier alpha value is -3.23. The number of hydrogen-bond donors (Lipinski definition) is 5. The van der Waals surface area contributed by atoms with Gasteiger partial charge in [0.2, 0.25) is 5.91 Å². The van der Waals surface area contributed by atoms with Gasteiger partial charge < -0.3 is 26.6 Å². The lowest BCUT2D eigenvalue weighted by Gasteiger charge is -2.23. The van der Waals surface area contributed by atoms with E-state index in [1.54, 1.807) is 54.6 Å². The van der Waals surface area contributed by atoms with Crippen LogP contribution in [0.3, 0.4) is 0 Å². The first-order chi connectivity index (χ1) is 13.4. The van der Waals surface area contributed by atoms with Crippen molar-refractivity contribution in [1.82, 2.24) is 10.6 Å². The van der Waals surface area contributed by atoms with Gasteiger partial charge in [-0.2, -0.15) is 0 Å². The highest BCUT2D eigenvalue weighted by Crippen LogP contribution is 2.14. The van der Waals surface area contributed by atoms with E-state index in [9.17, 15) is 24.6 Å². The van der Waals surface area contributed by atoms with E-state index in [1.807, 2.05) is 6.07 Å². The SMILES string of the molecule is NC[C@H](O)C(=O)N[C@H](C(=O)N[C@@H](Cc1ccccc1)C(=O)O)c1ccccc1. The Morgan fingerprint density at radius 1 is 0.893 bits per heavy atom. The zero-order valence-electron chi connectivity index (χ0n) is 15.1. The van der Waals surface area contributed by atoms with Crippen molar-refractivity contribution in [1.29, 1.82) is 0 Å². The number of amides is 2. The number of carboxylic acid groups (broad SMARTS) is 1. The molecule has 0 heterocycles. The second kappa shape index (κ2) is 10.2. The van der Waals surface area contributed by atoms with Crippen LogP contribution in [0.2, 0.25) is 0 Å². The number of hydrogen-bond acceptors (Lipinski definition) is 5. The van der Waals surface area contributed by atoms with Crippen LogP contribution in [0.4, 0.5) is 0 Å². The molecule has 0 saturated carbocycles. The summed E-state index contributed by atoms with van der Waals surface area (Å²) in [6, 6.07) is 14.9. The van der Waals surface area contributed by atoms with Crippen molar-refractivity contribution in [3.8, 4) is 0 Å². The number of nitrogens with two attached hydrogens (primary N) is 1. The van der Waals surface area contributed by atoms with Crippen molar-refractivity contribution in [2.45, 2.75) is 24.6 Å². The van der Waals surface area contributed by atoms with Crippen LogP contribution in [-0.2, 0) is 20.8 Å². The molecule has 0 bridgehead atoms. The van der Waals surface area contributed by atoms with Gasteiger partial charge in [-0.3, -0.25) is 9.59 Å². The molecule has 0 aliphatic rings. The zero-order valence-corrected chi connectivity index (χ0v) is 15.1. The lowest BCUT2D eigenvalue weighted by molar-refractivity contribution is -0.142. The smallest absolute Gasteiger partial charge is 0.326 e. The highest BCUT2D eigenvalue weighted by molar-refractivity contribution is 5.92. The molecule has 0 aliphatic carbocycles. The van der Waals surface area contributed by atoms with Crippen LogP contribution in [0.5, 0.6) is 0 Å². The Balaban J connectivity index is 2.19. The fraction of sp³-hybridized carbons (Fsp3) is 0.250. The number of aliphatic carboxylic acids is 1. The van der Waals surface area contributed by atoms with Gasteiger partial charge >= 0.3 is 5.97 Å². The van der Waals surface area contributed by atoms with Gasteiger partial charge in [0.25, 0.3) is 5.91 Å². The first-order valence-electron chi connectivity index (χ1n) is 8.73. The molecule has 8 nitrogen and oxygen atoms in total. The normalized spacial score (nSPS) is 13.8. The van der Waals surface area contributed by atoms with Gasteiger partial charge in [-0.05, 0) is 11.1 Å². The molecule has 0 saturated heterocycles. The van der Waals surface area contributed by atoms with Crippen molar-refractivity contribution in [3.05, 3.63) is 71.8 Å². The van der Waals surface area contributed by atoms with Crippen molar-refractivity contribution < 1.29 is 24.6 Å². The van der Waals surface area contributed by atoms with E-state index < -0.39 is 36.0 Å². The summed E-state index contributed by atoms with van der Waals surface area (Å²) < 4.78 is 0. The first kappa shape index (κ1) is 21.1. The molecule has 2 rings (SSSR count). The quantitative estimate of drug-likeness (QED) is 0.411. The molecule has 0 unspecified atom stereocenters. The van der Waals surface area contributed by atoms with E-state index in [2.05, 4.69) is 10.6 Å². The lowest BCUT2D eigenvalue weighted by atomic mass is 10.0. The highest BCUT2D eigenvalue weighted by Gasteiger charge is 2.29. The Kier molecular flexibility index (Phi) is 7.67. The van der Waals surface area contributed by atoms with Crippen molar-refractivity contribution in [2.75, 3.05) is 6.54 Å². The summed E-state index contributed by atoms with van der Waals surface area (Å²) in [4.78, 5) is 36.4. The van der Waals surface area contributed by atoms with Crippen molar-refractivity contribution >= 4 is 17.8 Å². The maximum absolute atomic E-state index is 12.8. The Morgan fingerprint density at radius 2 is 1.46 bits per heavy atom. The molecule has 0 aromatic heterocycles. The van der Waals surface area contributed by atoms with Gasteiger partial charge in [-0.15, -0.1) is 0 Å². The largest absolute Gasteiger partial charge is 0.480 e. The summed E-state index contributed by atoms with van der Waals surface area (Å²) in [6.07, 6.45) is -1.39. The standard InChI is InChI=1S/C20H23N3O5/c21-12-16(24)18(25)23-17(14-9-5-2-6-10-14)19(26)22-15(20(27)28)11-13-7-3-1-4-8-13/h1-10,15-17,24H,11-12,21H2,(H,22,26)(H,23,25)(H,27,28)/t15-,16-,17-/m0/s1. The molecule has 2 amide bonds. The van der Waals surface area contributed by atoms with Crippen LogP contribution in [0, 0.1) is 0 Å². The summed E-state index contributed by atoms with van der Waals surface area (Å²) in [7, 11) is 0. The van der Waals surface area contributed by atoms with Crippen LogP contribution in [0.15, 0.2) is 60.7 Å². The number of rotatable bonds is 9. The van der Waals surface area contributed by atoms with E-state index in [-0.39, 0.29) is 13.0 Å². The Bertz CT molecular complexity index is 798. The predicted molar refractivity (Wildman–Crippen MR) is 102 cm³/mol. The molecule has 8 heteroatoms. The van der Waals surface area contributed by atoms with E-state index >= 15 is 0 Å². The van der Waals surface area contributed by atoms with Crippen LogP contribution in [-0.4, -0.2) is 46.7 Å². The summed E-state index contributed by atoms with van der Waals surface area (Å²) in [5, 5.41) is 24.0. The molecule has 28 heavy (non-hydrogen) atoms. The van der Waals surface area contributed by atoms with Crippen LogP contribution in [0.1, 0.15) is 17.2 Å². The number of carboxylic acids is 1. The van der Waals surface area contributed by atoms with Crippen LogP contribution in [0.25, 0.3) is 0 Å². The molecule has 2 aromatic rings. The summed E-state index contributed by atoms with van der Waals surface area (Å²) in [5.41, 5.74) is 6.47. The molecule has 0 spiro atoms. The number of aliphatic hydroxyl groups is 1. The fourth-order valence-corrected chi connectivity index (χ4v) is 2.60. The van der Waals surface area contributed by atoms with Crippen LogP contribution < -0.4 is 16.4 Å². The molecular formula is C20H23N3O5. The number of benzene rings is 2. The molecule has 2 aromatic carbocycles. The zero-order chi connectivity index (χ0) is 20.5. The van der Waals surface area contributed by atoms with E-state index in [0.29, 0.717) is 5.56 Å². The molecule has 0 radical (unpaired) electrons. The Morgan fingerprint density at radius 3 is 2.00 bits per heavy atom. The minimum Gasteiger partial charge on any atom is -0.480 e. The molecule has 3 atom stereocenters. The number of aliphatic hydroxyl groups excluding tert-OH is 1. The molecule has 6 N–H and O–H groups in total. The van der Waals surface area contributed by atoms with Gasteiger partial charge in [0.1, 0.15) is 18.2 Å². The van der Waals surface area contributed by atoms with Crippen molar-refractivity contribution in [2.24, 2.45) is 5.73 Å². The van der Waals surface area contributed by atoms with Gasteiger partial charge in [-0.25, -0.2) is 4.79 Å². The van der Waals surface area contributed by atoms with Crippen molar-refractivity contribution in [3.63, 3.8) is 0 Å². The summed E-state index contributed by atoms with van der Waals surface area (Å²) >= 11 is 0. The monoisotopic (exact) mass is 385 g/mol. The minimum absolute atomic E-state index is 0.0861. The van der Waals surface area contributed by atoms with Crippen LogP contribution >= 0.6 is 0 Å². The molecule has 0 fully saturated rings. The van der Waals surface area contributed by atoms with E-state index in [1.165, 1.54) is 0 Å². The van der Waals surface area contributed by atoms with E-state index in [0.717, 1.165) is 5.56 Å². The predicted octanol–water partition coefficient (Wildman–Crippen LogP) is -0.0244. The Labute approximate surface area is 162 Å². The number of carbonyl (C=O) groups is 3. The average molecular weight is 385 g/mol. The highest BCUT2D eigenvalue weighted by atomic mass is 16.4. The maximum atomic E-state index is 12.8. The summed E-state index contributed by atoms with van der Waals surface area (Å²) in [6.45, 7) is -0.305. The van der Waals surface area contributed by atoms with Gasteiger partial charge in [0, 0.05) is 13.0 Å². The van der Waals surface area contributed by atoms with Gasteiger partial charge in [0.15, 0.2) is 0 Å². The topological polar surface area (TPSA) is 142 Å². The summed E-state index contributed by atoms with van der Waals surface area (Å²) in [5.74, 6) is -2.72. The second-order valence-corrected chi connectivity index (χ2v) is 6.19. The molecular weight excluding hydrogens is 362 g/mol. The molecule has 148 valence electrons. The van der Waals surface area contributed by atoms with Gasteiger partial charge in [0.05, 0.1) is 0 Å². The third kappa shape index (κ3) is 5.90. The average Bonchev–Trinajstić information content (AvgIpc) is 2.71. The van der Waals surface area contributed by atoms with Gasteiger partial charge in [-0.1, -0.05) is 60.7 Å². The third-order valence-corrected chi connectivity index (χ3v) is 4.10. The van der Waals surface area contributed by atoms with E-state index in [4.69, 9.17) is 5.73 Å². The number of nitrogens with one attached hydrogen (secondary N) is 2. The fourth-order valence-electron chi connectivity index (χ4n) is 2.60. The minimum atomic E-state index is -1.47. The third-order valence-electron chi connectivity index (χ3n) is 4.10. The lowest BCUT2D eigenvalue weighted by Crippen LogP contribution is -2.50.